The SMILES string of the molecule is C=CC(=O)COC1(C)CO[B-]2(OC1)OCC(C)(OCC(=O)C=C)CO2. The molecule has 2 fully saturated rings. The lowest BCUT2D eigenvalue weighted by Crippen LogP contribution is -2.65. The number of hydrogen-bond donors (Lipinski definition) is 0. The van der Waals surface area contributed by atoms with Crippen molar-refractivity contribution in [2.45, 2.75) is 25.0 Å². The van der Waals surface area contributed by atoms with Crippen LogP contribution in [0.4, 0.5) is 0 Å². The fourth-order valence-electron chi connectivity index (χ4n) is 2.26. The quantitative estimate of drug-likeness (QED) is 0.461. The van der Waals surface area contributed by atoms with Gasteiger partial charge in [-0.15, -0.1) is 0 Å². The van der Waals surface area contributed by atoms with Crippen LogP contribution >= 0.6 is 0 Å². The fraction of sp³-hybridized carbons (Fsp3) is 0.625. The highest BCUT2D eigenvalue weighted by atomic mass is 16.9. The van der Waals surface area contributed by atoms with E-state index in [9.17, 15) is 9.59 Å². The summed E-state index contributed by atoms with van der Waals surface area (Å²) in [5.41, 5.74) is -1.57. The van der Waals surface area contributed by atoms with Gasteiger partial charge < -0.3 is 28.1 Å². The molecule has 25 heavy (non-hydrogen) atoms. The molecule has 0 aromatic carbocycles. The lowest BCUT2D eigenvalue weighted by Gasteiger charge is -2.54. The molecule has 2 rings (SSSR count). The average molecular weight is 355 g/mol. The van der Waals surface area contributed by atoms with Gasteiger partial charge in [-0.1, -0.05) is 13.2 Å². The maximum absolute atomic E-state index is 11.3. The summed E-state index contributed by atoms with van der Waals surface area (Å²) >= 11 is 0. The molecule has 0 aliphatic carbocycles. The molecular formula is C16H24BO8-. The maximum Gasteiger partial charge on any atom is 0.531 e. The van der Waals surface area contributed by atoms with Crippen molar-refractivity contribution in [3.05, 3.63) is 25.3 Å². The largest absolute Gasteiger partial charge is 0.531 e. The van der Waals surface area contributed by atoms with Crippen molar-refractivity contribution in [3.63, 3.8) is 0 Å². The van der Waals surface area contributed by atoms with E-state index in [1.807, 2.05) is 0 Å². The van der Waals surface area contributed by atoms with Crippen molar-refractivity contribution in [2.75, 3.05) is 39.6 Å². The van der Waals surface area contributed by atoms with E-state index in [0.29, 0.717) is 0 Å². The van der Waals surface area contributed by atoms with Gasteiger partial charge in [-0.2, -0.15) is 0 Å². The Kier molecular flexibility index (Phi) is 6.31. The first-order chi connectivity index (χ1) is 11.7. The highest BCUT2D eigenvalue weighted by Gasteiger charge is 2.47. The van der Waals surface area contributed by atoms with Crippen molar-refractivity contribution >= 4 is 18.5 Å². The molecule has 2 aliphatic rings. The standard InChI is InChI=1S/C16H24BO8/c1-5-13(18)7-20-15(3)9-22-17(23-10-15)24-11-16(4,12-25-17)21-8-14(19)6-2/h5-6H,1-2,7-12H2,3-4H3/q-1. The smallest absolute Gasteiger partial charge is 0.516 e. The Bertz CT molecular complexity index is 479. The van der Waals surface area contributed by atoms with E-state index in [1.165, 1.54) is 12.2 Å². The van der Waals surface area contributed by atoms with E-state index in [4.69, 9.17) is 28.1 Å². The molecule has 0 unspecified atom stereocenters. The molecule has 1 spiro atoms. The second kappa shape index (κ2) is 7.90. The summed E-state index contributed by atoms with van der Waals surface area (Å²) in [4.78, 5) is 22.6. The minimum absolute atomic E-state index is 0.0995. The van der Waals surface area contributed by atoms with Crippen LogP contribution in [0.3, 0.4) is 0 Å². The summed E-state index contributed by atoms with van der Waals surface area (Å²) in [5, 5.41) is 0. The van der Waals surface area contributed by atoms with Crippen molar-refractivity contribution in [1.82, 2.24) is 0 Å². The number of ketones is 2. The summed E-state index contributed by atoms with van der Waals surface area (Å²) in [5.74, 6) is -0.446. The van der Waals surface area contributed by atoms with E-state index in [1.54, 1.807) is 13.8 Å². The van der Waals surface area contributed by atoms with Gasteiger partial charge in [0.15, 0.2) is 11.6 Å². The second-order valence-electron chi connectivity index (χ2n) is 6.64. The van der Waals surface area contributed by atoms with Crippen LogP contribution in [0, 0.1) is 0 Å². The van der Waals surface area contributed by atoms with Crippen LogP contribution in [-0.2, 0) is 37.7 Å². The zero-order valence-corrected chi connectivity index (χ0v) is 14.7. The van der Waals surface area contributed by atoms with Crippen LogP contribution in [-0.4, -0.2) is 69.4 Å². The molecule has 0 bridgehead atoms. The van der Waals surface area contributed by atoms with Crippen LogP contribution in [0.5, 0.6) is 0 Å². The first-order valence-electron chi connectivity index (χ1n) is 8.01. The maximum atomic E-state index is 11.3. The van der Waals surface area contributed by atoms with Gasteiger partial charge in [0.2, 0.25) is 0 Å². The molecule has 0 amide bonds. The van der Waals surface area contributed by atoms with Gasteiger partial charge in [0.05, 0.1) is 0 Å². The second-order valence-corrected chi connectivity index (χ2v) is 6.64. The lowest BCUT2D eigenvalue weighted by molar-refractivity contribution is -0.209. The van der Waals surface area contributed by atoms with Crippen LogP contribution in [0.25, 0.3) is 0 Å². The molecule has 140 valence electrons. The molecule has 0 saturated carbocycles. The Morgan fingerprint density at radius 1 is 0.880 bits per heavy atom. The Morgan fingerprint density at radius 2 is 1.20 bits per heavy atom. The van der Waals surface area contributed by atoms with Gasteiger partial charge in [0, 0.05) is 26.4 Å². The molecule has 0 aromatic heterocycles. The predicted octanol–water partition coefficient (Wildman–Crippen LogP) is 0.576. The van der Waals surface area contributed by atoms with E-state index in [-0.39, 0.29) is 51.2 Å². The minimum atomic E-state index is -2.36. The molecule has 0 atom stereocenters. The minimum Gasteiger partial charge on any atom is -0.516 e. The Hall–Kier alpha value is -1.36. The van der Waals surface area contributed by atoms with E-state index >= 15 is 0 Å². The molecule has 2 saturated heterocycles. The summed E-state index contributed by atoms with van der Waals surface area (Å²) < 4.78 is 33.6. The predicted molar refractivity (Wildman–Crippen MR) is 88.7 cm³/mol. The first kappa shape index (κ1) is 20.0. The summed E-state index contributed by atoms with van der Waals surface area (Å²) in [6, 6.07) is 0. The van der Waals surface area contributed by atoms with Crippen LogP contribution in [0.1, 0.15) is 13.8 Å². The van der Waals surface area contributed by atoms with E-state index in [0.717, 1.165) is 0 Å². The number of carbonyl (C=O) groups is 2. The first-order valence-corrected chi connectivity index (χ1v) is 8.01. The number of hydrogen-bond acceptors (Lipinski definition) is 8. The van der Waals surface area contributed by atoms with Gasteiger partial charge in [-0.05, 0) is 26.0 Å². The Labute approximate surface area is 147 Å². The van der Waals surface area contributed by atoms with Gasteiger partial charge >= 0.3 is 6.96 Å². The third-order valence-electron chi connectivity index (χ3n) is 3.95. The van der Waals surface area contributed by atoms with Crippen molar-refractivity contribution < 1.29 is 37.7 Å². The Balaban J connectivity index is 1.82. The van der Waals surface area contributed by atoms with Gasteiger partial charge in [0.1, 0.15) is 24.4 Å². The van der Waals surface area contributed by atoms with E-state index in [2.05, 4.69) is 13.2 Å². The molecule has 0 N–H and O–H groups in total. The Morgan fingerprint density at radius 3 is 1.48 bits per heavy atom. The van der Waals surface area contributed by atoms with Crippen LogP contribution in [0.2, 0.25) is 0 Å². The van der Waals surface area contributed by atoms with E-state index < -0.39 is 18.2 Å². The number of rotatable bonds is 8. The summed E-state index contributed by atoms with van der Waals surface area (Å²) in [7, 11) is 0. The van der Waals surface area contributed by atoms with Crippen molar-refractivity contribution in [3.8, 4) is 0 Å². The van der Waals surface area contributed by atoms with Gasteiger partial charge in [0.25, 0.3) is 0 Å². The number of carbonyl (C=O) groups excluding carboxylic acids is 2. The summed E-state index contributed by atoms with van der Waals surface area (Å²) in [6.45, 7) is 8.34. The van der Waals surface area contributed by atoms with Crippen molar-refractivity contribution in [1.29, 1.82) is 0 Å². The third kappa shape index (κ3) is 5.31. The lowest BCUT2D eigenvalue weighted by atomic mass is 9.93. The zero-order valence-electron chi connectivity index (χ0n) is 14.7. The molecule has 8 nitrogen and oxygen atoms in total. The van der Waals surface area contributed by atoms with Crippen molar-refractivity contribution in [2.24, 2.45) is 0 Å². The molecule has 2 aliphatic heterocycles. The number of ether oxygens (including phenoxy) is 2. The highest BCUT2D eigenvalue weighted by molar-refractivity contribution is 6.53. The van der Waals surface area contributed by atoms with Gasteiger partial charge in [-0.3, -0.25) is 9.59 Å². The summed E-state index contributed by atoms with van der Waals surface area (Å²) in [6.07, 6.45) is 2.40. The average Bonchev–Trinajstić information content (AvgIpc) is 2.63. The fourth-order valence-corrected chi connectivity index (χ4v) is 2.26. The zero-order chi connectivity index (χ0) is 18.6. The molecule has 9 heteroatoms. The molecule has 2 heterocycles. The molecule has 0 aromatic rings. The normalized spacial score (nSPS) is 35.3. The molecular weight excluding hydrogens is 331 g/mol. The van der Waals surface area contributed by atoms with Gasteiger partial charge in [-0.25, -0.2) is 0 Å². The molecule has 0 radical (unpaired) electrons. The van der Waals surface area contributed by atoms with Crippen LogP contribution in [0.15, 0.2) is 25.3 Å². The third-order valence-corrected chi connectivity index (χ3v) is 3.95. The highest BCUT2D eigenvalue weighted by Crippen LogP contribution is 2.31. The monoisotopic (exact) mass is 355 g/mol. The van der Waals surface area contributed by atoms with Crippen LogP contribution < -0.4 is 0 Å². The topological polar surface area (TPSA) is 89.5 Å².